The second kappa shape index (κ2) is 11.8. The Morgan fingerprint density at radius 2 is 1.45 bits per heavy atom. The van der Waals surface area contributed by atoms with Crippen molar-refractivity contribution >= 4 is 27.8 Å². The molecule has 0 bridgehead atoms. The average molecular weight is 705 g/mol. The Morgan fingerprint density at radius 1 is 0.811 bits per heavy atom. The van der Waals surface area contributed by atoms with Crippen molar-refractivity contribution in [3.8, 4) is 22.5 Å². The molecule has 1 atom stereocenters. The molecule has 0 radical (unpaired) electrons. The second-order valence-electron chi connectivity index (χ2n) is 19.0. The van der Waals surface area contributed by atoms with Crippen molar-refractivity contribution in [3.05, 3.63) is 106 Å². The largest absolute Gasteiger partial charge is 0.418 e. The minimum atomic E-state index is -0.663. The molecule has 0 fully saturated rings. The first-order valence-electron chi connectivity index (χ1n) is 20.2. The minimum absolute atomic E-state index is 0.0556. The third kappa shape index (κ3) is 4.82. The Morgan fingerprint density at radius 3 is 2.06 bits per heavy atom. The fraction of sp³-hybridized carbons (Fsp3) is 0.449. The third-order valence-electron chi connectivity index (χ3n) is 12.4. The lowest BCUT2D eigenvalue weighted by Crippen LogP contribution is -2.74. The number of aryl methyl sites for hydroxylation is 1. The number of allylic oxidation sites excluding steroid dienone is 1. The molecule has 1 aromatic heterocycles. The van der Waals surface area contributed by atoms with Gasteiger partial charge in [0, 0.05) is 41.3 Å². The molecule has 4 heteroatoms. The summed E-state index contributed by atoms with van der Waals surface area (Å²) in [5, 5.41) is 5.36. The molecule has 53 heavy (non-hydrogen) atoms. The van der Waals surface area contributed by atoms with Crippen molar-refractivity contribution in [3.63, 3.8) is 0 Å². The Bertz CT molecular complexity index is 2410. The van der Waals surface area contributed by atoms with E-state index in [-0.39, 0.29) is 22.9 Å². The van der Waals surface area contributed by atoms with Crippen molar-refractivity contribution in [2.45, 2.75) is 132 Å². The zero-order valence-corrected chi connectivity index (χ0v) is 34.7. The van der Waals surface area contributed by atoms with E-state index in [9.17, 15) is 0 Å². The molecule has 5 aromatic rings. The van der Waals surface area contributed by atoms with Crippen LogP contribution in [0.25, 0.3) is 44.1 Å². The van der Waals surface area contributed by atoms with Crippen LogP contribution in [0.5, 0.6) is 0 Å². The van der Waals surface area contributed by atoms with Crippen molar-refractivity contribution < 1.29 is 9.14 Å². The summed E-state index contributed by atoms with van der Waals surface area (Å²) in [5.41, 5.74) is 13.2. The van der Waals surface area contributed by atoms with Crippen LogP contribution >= 0.6 is 0 Å². The van der Waals surface area contributed by atoms with Gasteiger partial charge in [0.2, 0.25) is 0 Å². The molecule has 0 saturated carbocycles. The van der Waals surface area contributed by atoms with Gasteiger partial charge in [0.05, 0.1) is 5.56 Å². The summed E-state index contributed by atoms with van der Waals surface area (Å²) in [7, 11) is 0. The van der Waals surface area contributed by atoms with Crippen molar-refractivity contribution in [1.82, 2.24) is 9.88 Å². The predicted octanol–water partition coefficient (Wildman–Crippen LogP) is 11.2. The maximum absolute atomic E-state index is 5.84. The van der Waals surface area contributed by atoms with Crippen molar-refractivity contribution in [2.75, 3.05) is 0 Å². The number of fused-ring (bicyclic) bond motifs is 12. The lowest BCUT2D eigenvalue weighted by Gasteiger charge is -2.42. The van der Waals surface area contributed by atoms with Crippen LogP contribution in [-0.2, 0) is 23.0 Å². The van der Waals surface area contributed by atoms with Gasteiger partial charge in [-0.1, -0.05) is 111 Å². The van der Waals surface area contributed by atoms with Gasteiger partial charge in [-0.25, -0.2) is 0 Å². The first-order chi connectivity index (χ1) is 24.9. The van der Waals surface area contributed by atoms with E-state index in [1.165, 1.54) is 77.5 Å². The van der Waals surface area contributed by atoms with Gasteiger partial charge in [0.1, 0.15) is 5.56 Å². The van der Waals surface area contributed by atoms with Crippen LogP contribution in [0.3, 0.4) is 0 Å². The van der Waals surface area contributed by atoms with Gasteiger partial charge in [-0.05, 0) is 107 Å². The van der Waals surface area contributed by atoms with E-state index < -0.39 is 5.79 Å². The standard InChI is InChI=1S/C49H60N4/c1-28(2)23-38-35-20-16-15-19-33(35)24-41-42(38)45-44(48(41,13)14)46-39-25-40(47(10,11)12)36-21-17-18-22-37(36)43(39)49(53(46)32(9)50-45)51(30(5)6)26-34(29(3)4)27-52(49)31(7)8/h15-22,24-31H,23H2,1-14H3/q+2. The molecule has 0 saturated heterocycles. The maximum atomic E-state index is 5.84. The summed E-state index contributed by atoms with van der Waals surface area (Å²) in [6.45, 7) is 33.1. The van der Waals surface area contributed by atoms with Gasteiger partial charge >= 0.3 is 11.6 Å². The summed E-state index contributed by atoms with van der Waals surface area (Å²) >= 11 is 0. The molecule has 0 amide bonds. The van der Waals surface area contributed by atoms with Crippen LogP contribution in [0.2, 0.25) is 0 Å². The predicted molar refractivity (Wildman–Crippen MR) is 223 cm³/mol. The highest BCUT2D eigenvalue weighted by molar-refractivity contribution is 6.01. The number of aromatic nitrogens is 2. The van der Waals surface area contributed by atoms with Gasteiger partial charge in [0.25, 0.3) is 0 Å². The summed E-state index contributed by atoms with van der Waals surface area (Å²) < 4.78 is 5.35. The summed E-state index contributed by atoms with van der Waals surface area (Å²) in [6.07, 6.45) is 5.97. The minimum Gasteiger partial charge on any atom is -0.273 e. The fourth-order valence-corrected chi connectivity index (χ4v) is 10.1. The summed E-state index contributed by atoms with van der Waals surface area (Å²) in [5.74, 6) is 1.30. The second-order valence-corrected chi connectivity index (χ2v) is 19.0. The van der Waals surface area contributed by atoms with Crippen LogP contribution < -0.4 is 4.57 Å². The molecule has 3 aliphatic rings. The quantitative estimate of drug-likeness (QED) is 0.170. The molecular formula is C49H60N4+2. The zero-order chi connectivity index (χ0) is 38.1. The molecule has 4 aromatic carbocycles. The van der Waals surface area contributed by atoms with Crippen molar-refractivity contribution in [1.29, 1.82) is 0 Å². The first kappa shape index (κ1) is 35.7. The monoisotopic (exact) mass is 704 g/mol. The third-order valence-corrected chi connectivity index (χ3v) is 12.4. The number of nitrogens with zero attached hydrogens (tertiary/aromatic N) is 4. The van der Waals surface area contributed by atoms with Gasteiger partial charge in [-0.15, -0.1) is 4.57 Å². The first-order valence-corrected chi connectivity index (χ1v) is 20.2. The van der Waals surface area contributed by atoms with Crippen LogP contribution in [0, 0.1) is 18.8 Å². The average Bonchev–Trinajstić information content (AvgIpc) is 3.49. The Kier molecular flexibility index (Phi) is 7.98. The van der Waals surface area contributed by atoms with E-state index in [0.29, 0.717) is 11.8 Å². The van der Waals surface area contributed by atoms with E-state index in [1.807, 2.05) is 0 Å². The van der Waals surface area contributed by atoms with Crippen LogP contribution in [0.4, 0.5) is 0 Å². The molecule has 8 rings (SSSR count). The Labute approximate surface area is 318 Å². The molecule has 1 spiro atoms. The van der Waals surface area contributed by atoms with Gasteiger partial charge < -0.3 is 0 Å². The van der Waals surface area contributed by atoms with E-state index in [1.54, 1.807) is 0 Å². The fourth-order valence-electron chi connectivity index (χ4n) is 10.1. The molecule has 2 aliphatic heterocycles. The lowest BCUT2D eigenvalue weighted by atomic mass is 9.77. The molecule has 4 nitrogen and oxygen atoms in total. The highest BCUT2D eigenvalue weighted by Crippen LogP contribution is 2.58. The zero-order valence-electron chi connectivity index (χ0n) is 34.7. The normalized spacial score (nSPS) is 18.8. The Hall–Kier alpha value is -4.31. The maximum Gasteiger partial charge on any atom is 0.418 e. The van der Waals surface area contributed by atoms with Gasteiger partial charge in [0.15, 0.2) is 23.6 Å². The number of hydrogen-bond donors (Lipinski definition) is 0. The highest BCUT2D eigenvalue weighted by atomic mass is 15.5. The Balaban J connectivity index is 1.63. The highest BCUT2D eigenvalue weighted by Gasteiger charge is 2.67. The topological polar surface area (TPSA) is 23.0 Å². The molecular weight excluding hydrogens is 645 g/mol. The molecule has 1 aliphatic carbocycles. The van der Waals surface area contributed by atoms with E-state index in [4.69, 9.17) is 4.98 Å². The van der Waals surface area contributed by atoms with E-state index in [2.05, 4.69) is 184 Å². The van der Waals surface area contributed by atoms with Gasteiger partial charge in [-0.2, -0.15) is 4.58 Å². The van der Waals surface area contributed by atoms with E-state index in [0.717, 1.165) is 12.2 Å². The molecule has 274 valence electrons. The molecule has 3 heterocycles. The van der Waals surface area contributed by atoms with E-state index >= 15 is 0 Å². The number of benzene rings is 4. The molecule has 0 N–H and O–H groups in total. The lowest BCUT2D eigenvalue weighted by molar-refractivity contribution is -0.945. The number of hydrogen-bond acceptors (Lipinski definition) is 2. The van der Waals surface area contributed by atoms with Crippen molar-refractivity contribution in [2.24, 2.45) is 11.8 Å². The smallest absolute Gasteiger partial charge is 0.273 e. The molecule has 1 unspecified atom stereocenters. The van der Waals surface area contributed by atoms with Crippen LogP contribution in [0.15, 0.2) is 72.4 Å². The van der Waals surface area contributed by atoms with Crippen LogP contribution in [-0.4, -0.2) is 32.8 Å². The van der Waals surface area contributed by atoms with Crippen LogP contribution in [0.1, 0.15) is 124 Å². The number of rotatable bonds is 5. The summed E-state index contributed by atoms with van der Waals surface area (Å²) in [4.78, 5) is 8.51. The summed E-state index contributed by atoms with van der Waals surface area (Å²) in [6, 6.07) is 23.8. The van der Waals surface area contributed by atoms with Gasteiger partial charge in [-0.3, -0.25) is 4.90 Å². The SMILES string of the molecule is Cc1nc2c(c3[n+]1C1(c4c-3cc(C(C)(C)C)c3ccccc43)N(C(C)C)C=C(C(C)C)C=[N+]1C(C)C)C(C)(C)c1cc3ccccc3c(CC(C)C)c1-2.